The van der Waals surface area contributed by atoms with E-state index in [9.17, 15) is 5.26 Å². The van der Waals surface area contributed by atoms with Crippen molar-refractivity contribution in [3.05, 3.63) is 0 Å². The number of hydrogen-bond donors (Lipinski definition) is 0. The third kappa shape index (κ3) is 9.52. The molecule has 0 N–H and O–H groups in total. The van der Waals surface area contributed by atoms with Crippen molar-refractivity contribution in [1.82, 2.24) is 0 Å². The van der Waals surface area contributed by atoms with E-state index in [-0.39, 0.29) is 4.08 Å². The van der Waals surface area contributed by atoms with E-state index >= 15 is 0 Å². The molecular formula is C28H51NS5. The van der Waals surface area contributed by atoms with E-state index in [1.165, 1.54) is 36.5 Å². The summed E-state index contributed by atoms with van der Waals surface area (Å²) in [6.45, 7) is 23.2. The first kappa shape index (κ1) is 31.5. The van der Waals surface area contributed by atoms with Gasteiger partial charge in [-0.05, 0) is 71.2 Å². The Kier molecular flexibility index (Phi) is 11.1. The van der Waals surface area contributed by atoms with Gasteiger partial charge < -0.3 is 0 Å². The highest BCUT2D eigenvalue weighted by molar-refractivity contribution is 8.34. The molecule has 0 unspecified atom stereocenters. The van der Waals surface area contributed by atoms with E-state index in [1.54, 1.807) is 0 Å². The topological polar surface area (TPSA) is 23.8 Å². The normalized spacial score (nSPS) is 34.2. The summed E-state index contributed by atoms with van der Waals surface area (Å²) in [4.78, 5) is 0. The molecule has 1 nitrogen and oxygen atoms in total. The van der Waals surface area contributed by atoms with Crippen LogP contribution < -0.4 is 0 Å². The summed E-state index contributed by atoms with van der Waals surface area (Å²) in [5, 5.41) is 9.54. The van der Waals surface area contributed by atoms with Crippen LogP contribution in [0.5, 0.6) is 0 Å². The summed E-state index contributed by atoms with van der Waals surface area (Å²) in [6.07, 6.45) is 6.25. The van der Waals surface area contributed by atoms with Crippen molar-refractivity contribution in [1.29, 1.82) is 5.26 Å². The Bertz CT molecular complexity index is 659. The van der Waals surface area contributed by atoms with Gasteiger partial charge in [-0.25, -0.2) is 0 Å². The quantitative estimate of drug-likeness (QED) is 0.331. The molecule has 198 valence electrons. The fourth-order valence-corrected chi connectivity index (χ4v) is 13.6. The van der Waals surface area contributed by atoms with Crippen LogP contribution in [0.2, 0.25) is 0 Å². The molecule has 4 heterocycles. The van der Waals surface area contributed by atoms with Crippen molar-refractivity contribution < 1.29 is 0 Å². The SMILES string of the molecule is CC(C)(C)CCC1(C#N)SCC(C(C)(C)C)CS1.CCC12CSC(CCC(C)(C)C)(SC1)SC2. The van der Waals surface area contributed by atoms with Crippen LogP contribution in [0, 0.1) is 38.9 Å². The van der Waals surface area contributed by atoms with Crippen molar-refractivity contribution in [3.8, 4) is 6.07 Å². The lowest BCUT2D eigenvalue weighted by atomic mass is 9.83. The van der Waals surface area contributed by atoms with E-state index in [2.05, 4.69) is 111 Å². The maximum absolute atomic E-state index is 9.54. The van der Waals surface area contributed by atoms with E-state index in [4.69, 9.17) is 0 Å². The molecule has 0 atom stereocenters. The zero-order chi connectivity index (χ0) is 25.9. The van der Waals surface area contributed by atoms with E-state index in [0.29, 0.717) is 25.1 Å². The van der Waals surface area contributed by atoms with Gasteiger partial charge in [0.05, 0.1) is 6.07 Å². The van der Waals surface area contributed by atoms with Gasteiger partial charge in [-0.1, -0.05) is 69.2 Å². The molecule has 0 aromatic heterocycles. The van der Waals surface area contributed by atoms with Crippen molar-refractivity contribution in [2.45, 2.75) is 109 Å². The van der Waals surface area contributed by atoms with Crippen LogP contribution in [0.1, 0.15) is 101 Å². The Balaban J connectivity index is 0.000000241. The summed E-state index contributed by atoms with van der Waals surface area (Å²) < 4.78 is 0.333. The molecule has 0 aromatic rings. The Hall–Kier alpha value is 1.24. The van der Waals surface area contributed by atoms with Gasteiger partial charge in [-0.3, -0.25) is 0 Å². The molecule has 2 bridgehead atoms. The molecule has 0 aliphatic carbocycles. The lowest BCUT2D eigenvalue weighted by Crippen LogP contribution is -2.44. The molecule has 4 aliphatic rings. The van der Waals surface area contributed by atoms with Gasteiger partial charge >= 0.3 is 0 Å². The number of hydrogen-bond acceptors (Lipinski definition) is 6. The third-order valence-electron chi connectivity index (χ3n) is 7.36. The van der Waals surface area contributed by atoms with Gasteiger partial charge in [-0.2, -0.15) is 5.26 Å². The molecule has 4 saturated heterocycles. The average molecular weight is 562 g/mol. The smallest absolute Gasteiger partial charge is 0.148 e. The lowest BCUT2D eigenvalue weighted by Gasteiger charge is -2.52. The summed E-state index contributed by atoms with van der Waals surface area (Å²) in [7, 11) is 0. The summed E-state index contributed by atoms with van der Waals surface area (Å²) in [5.74, 6) is 7.22. The Labute approximate surface area is 234 Å². The van der Waals surface area contributed by atoms with E-state index in [1.807, 2.05) is 23.5 Å². The first-order valence-corrected chi connectivity index (χ1v) is 18.0. The van der Waals surface area contributed by atoms with Gasteiger partial charge in [0.2, 0.25) is 0 Å². The van der Waals surface area contributed by atoms with Crippen molar-refractivity contribution in [2.75, 3.05) is 28.8 Å². The van der Waals surface area contributed by atoms with Gasteiger partial charge in [0.15, 0.2) is 0 Å². The second-order valence-corrected chi connectivity index (χ2v) is 21.6. The predicted octanol–water partition coefficient (Wildman–Crippen LogP) is 10.3. The van der Waals surface area contributed by atoms with Gasteiger partial charge in [0, 0.05) is 17.3 Å². The Morgan fingerprint density at radius 1 is 0.735 bits per heavy atom. The summed E-state index contributed by atoms with van der Waals surface area (Å²) in [6, 6.07) is 2.59. The highest BCUT2D eigenvalue weighted by Crippen LogP contribution is 2.64. The van der Waals surface area contributed by atoms with E-state index in [0.717, 1.165) is 30.3 Å². The minimum atomic E-state index is -0.185. The molecule has 0 spiro atoms. The number of nitrogens with zero attached hydrogens (tertiary/aromatic N) is 1. The van der Waals surface area contributed by atoms with Crippen LogP contribution >= 0.6 is 58.8 Å². The first-order chi connectivity index (χ1) is 15.5. The fourth-order valence-electron chi connectivity index (χ4n) is 3.95. The van der Waals surface area contributed by atoms with Crippen LogP contribution in [0.15, 0.2) is 0 Å². The number of thioether (sulfide) groups is 5. The van der Waals surface area contributed by atoms with Crippen molar-refractivity contribution >= 4 is 58.8 Å². The van der Waals surface area contributed by atoms with Crippen LogP contribution in [0.3, 0.4) is 0 Å². The monoisotopic (exact) mass is 561 g/mol. The highest BCUT2D eigenvalue weighted by Gasteiger charge is 2.49. The predicted molar refractivity (Wildman–Crippen MR) is 166 cm³/mol. The van der Waals surface area contributed by atoms with Crippen LogP contribution in [-0.2, 0) is 0 Å². The fraction of sp³-hybridized carbons (Fsp3) is 0.964. The molecule has 4 aliphatic heterocycles. The molecule has 4 fully saturated rings. The number of fused-ring (bicyclic) bond motifs is 3. The molecule has 4 rings (SSSR count). The standard InChI is InChI=1S/C15H27NS2.C13H24S3/c1-13(2,3)7-8-15(11-16)17-9-12(10-18-15)14(4,5)6;1-5-12-8-14-13(15-9-12,16-10-12)7-6-11(2,3)4/h12H,7-10H2,1-6H3;5-10H2,1-4H3. The highest BCUT2D eigenvalue weighted by atomic mass is 32.3. The zero-order valence-electron chi connectivity index (χ0n) is 23.6. The van der Waals surface area contributed by atoms with Crippen LogP contribution in [0.4, 0.5) is 0 Å². The molecule has 6 heteroatoms. The molecule has 34 heavy (non-hydrogen) atoms. The number of rotatable bonds is 5. The summed E-state index contributed by atoms with van der Waals surface area (Å²) >= 11 is 10.5. The summed E-state index contributed by atoms with van der Waals surface area (Å²) in [5.41, 5.74) is 1.86. The maximum atomic E-state index is 9.54. The number of nitriles is 1. The van der Waals surface area contributed by atoms with E-state index < -0.39 is 0 Å². The molecule has 0 amide bonds. The zero-order valence-corrected chi connectivity index (χ0v) is 27.7. The van der Waals surface area contributed by atoms with Gasteiger partial charge in [0.1, 0.15) is 7.49 Å². The minimum Gasteiger partial charge on any atom is -0.196 e. The second kappa shape index (κ2) is 12.0. The maximum Gasteiger partial charge on any atom is 0.148 e. The Morgan fingerprint density at radius 2 is 1.18 bits per heavy atom. The van der Waals surface area contributed by atoms with Crippen LogP contribution in [0.25, 0.3) is 0 Å². The van der Waals surface area contributed by atoms with Gasteiger partial charge in [0.25, 0.3) is 0 Å². The minimum absolute atomic E-state index is 0.185. The second-order valence-electron chi connectivity index (χ2n) is 14.1. The lowest BCUT2D eigenvalue weighted by molar-refractivity contribution is 0.291. The average Bonchev–Trinajstić information content (AvgIpc) is 2.77. The van der Waals surface area contributed by atoms with Crippen molar-refractivity contribution in [2.24, 2.45) is 27.6 Å². The van der Waals surface area contributed by atoms with Crippen molar-refractivity contribution in [3.63, 3.8) is 0 Å². The molecule has 0 aromatic carbocycles. The largest absolute Gasteiger partial charge is 0.196 e. The van der Waals surface area contributed by atoms with Gasteiger partial charge in [-0.15, -0.1) is 58.8 Å². The molecular weight excluding hydrogens is 511 g/mol. The Morgan fingerprint density at radius 3 is 1.53 bits per heavy atom. The third-order valence-corrected chi connectivity index (χ3v) is 17.1. The molecule has 0 saturated carbocycles. The molecule has 0 radical (unpaired) electrons. The van der Waals surface area contributed by atoms with Crippen LogP contribution in [-0.4, -0.2) is 36.3 Å². The first-order valence-electron chi connectivity index (χ1n) is 13.1.